The second-order valence-corrected chi connectivity index (χ2v) is 3.90. The maximum absolute atomic E-state index is 5.94. The van der Waals surface area contributed by atoms with Crippen molar-refractivity contribution in [2.75, 3.05) is 53.9 Å². The van der Waals surface area contributed by atoms with E-state index in [1.54, 1.807) is 14.2 Å². The van der Waals surface area contributed by atoms with Gasteiger partial charge >= 0.3 is 0 Å². The predicted octanol–water partition coefficient (Wildman–Crippen LogP) is 0.810. The zero-order chi connectivity index (χ0) is 12.8. The Bertz CT molecular complexity index is 146. The van der Waals surface area contributed by atoms with Gasteiger partial charge in [-0.2, -0.15) is 0 Å². The standard InChI is InChI=1S/C12H27NO4/c1-14-8-10-16-6-3-4-12(13)5-7-17-11-9-15-2/h12H,3-11,13H2,1-2H3. The molecular weight excluding hydrogens is 222 g/mol. The van der Waals surface area contributed by atoms with Crippen molar-refractivity contribution in [1.82, 2.24) is 0 Å². The molecule has 0 bridgehead atoms. The molecule has 0 aromatic rings. The second-order valence-electron chi connectivity index (χ2n) is 3.90. The molecule has 0 aliphatic carbocycles. The Morgan fingerprint density at radius 3 is 1.94 bits per heavy atom. The fourth-order valence-corrected chi connectivity index (χ4v) is 1.32. The summed E-state index contributed by atoms with van der Waals surface area (Å²) in [5.74, 6) is 0. The lowest BCUT2D eigenvalue weighted by Gasteiger charge is -2.11. The number of hydrogen-bond acceptors (Lipinski definition) is 5. The van der Waals surface area contributed by atoms with E-state index in [-0.39, 0.29) is 6.04 Å². The highest BCUT2D eigenvalue weighted by Gasteiger charge is 2.02. The van der Waals surface area contributed by atoms with E-state index in [0.717, 1.165) is 25.9 Å². The minimum atomic E-state index is 0.198. The molecule has 0 amide bonds. The van der Waals surface area contributed by atoms with E-state index in [1.165, 1.54) is 0 Å². The molecule has 0 fully saturated rings. The fourth-order valence-electron chi connectivity index (χ4n) is 1.32. The Morgan fingerprint density at radius 1 is 0.765 bits per heavy atom. The van der Waals surface area contributed by atoms with E-state index in [2.05, 4.69) is 0 Å². The van der Waals surface area contributed by atoms with Crippen molar-refractivity contribution < 1.29 is 18.9 Å². The van der Waals surface area contributed by atoms with Gasteiger partial charge in [-0.25, -0.2) is 0 Å². The molecule has 0 rings (SSSR count). The first-order chi connectivity index (χ1) is 8.31. The molecule has 0 saturated heterocycles. The van der Waals surface area contributed by atoms with Crippen LogP contribution in [0.25, 0.3) is 0 Å². The number of ether oxygens (including phenoxy) is 4. The summed E-state index contributed by atoms with van der Waals surface area (Å²) in [7, 11) is 3.33. The molecule has 0 heterocycles. The highest BCUT2D eigenvalue weighted by atomic mass is 16.5. The molecule has 1 atom stereocenters. The molecule has 17 heavy (non-hydrogen) atoms. The summed E-state index contributed by atoms with van der Waals surface area (Å²) in [6.07, 6.45) is 2.85. The topological polar surface area (TPSA) is 62.9 Å². The van der Waals surface area contributed by atoms with Gasteiger partial charge < -0.3 is 24.7 Å². The summed E-state index contributed by atoms with van der Waals surface area (Å²) in [4.78, 5) is 0. The Balaban J connectivity index is 3.09. The van der Waals surface area contributed by atoms with Gasteiger partial charge in [-0.3, -0.25) is 0 Å². The first-order valence-electron chi connectivity index (χ1n) is 6.20. The minimum Gasteiger partial charge on any atom is -0.382 e. The zero-order valence-electron chi connectivity index (χ0n) is 11.2. The lowest BCUT2D eigenvalue weighted by molar-refractivity contribution is 0.0620. The average Bonchev–Trinajstić information content (AvgIpc) is 2.33. The van der Waals surface area contributed by atoms with E-state index >= 15 is 0 Å². The van der Waals surface area contributed by atoms with E-state index in [1.807, 2.05) is 0 Å². The van der Waals surface area contributed by atoms with Crippen molar-refractivity contribution in [1.29, 1.82) is 0 Å². The number of rotatable bonds is 13. The predicted molar refractivity (Wildman–Crippen MR) is 67.2 cm³/mol. The third-order valence-electron chi connectivity index (χ3n) is 2.36. The fraction of sp³-hybridized carbons (Fsp3) is 1.00. The average molecular weight is 249 g/mol. The monoisotopic (exact) mass is 249 g/mol. The molecule has 0 radical (unpaired) electrons. The summed E-state index contributed by atoms with van der Waals surface area (Å²) < 4.78 is 20.5. The van der Waals surface area contributed by atoms with Crippen LogP contribution in [0.5, 0.6) is 0 Å². The Kier molecular flexibility index (Phi) is 13.7. The minimum absolute atomic E-state index is 0.198. The van der Waals surface area contributed by atoms with Gasteiger partial charge in [0, 0.05) is 33.5 Å². The van der Waals surface area contributed by atoms with Crippen LogP contribution in [0, 0.1) is 0 Å². The largest absolute Gasteiger partial charge is 0.382 e. The van der Waals surface area contributed by atoms with E-state index < -0.39 is 0 Å². The maximum Gasteiger partial charge on any atom is 0.0700 e. The van der Waals surface area contributed by atoms with E-state index in [0.29, 0.717) is 33.0 Å². The quantitative estimate of drug-likeness (QED) is 0.489. The van der Waals surface area contributed by atoms with Crippen molar-refractivity contribution in [3.05, 3.63) is 0 Å². The lowest BCUT2D eigenvalue weighted by Crippen LogP contribution is -2.23. The van der Waals surface area contributed by atoms with Crippen molar-refractivity contribution >= 4 is 0 Å². The molecule has 5 nitrogen and oxygen atoms in total. The first kappa shape index (κ1) is 16.8. The molecule has 0 aliphatic heterocycles. The third kappa shape index (κ3) is 13.7. The molecule has 0 aromatic carbocycles. The van der Waals surface area contributed by atoms with E-state index in [4.69, 9.17) is 24.7 Å². The van der Waals surface area contributed by atoms with Gasteiger partial charge in [-0.05, 0) is 19.3 Å². The van der Waals surface area contributed by atoms with Crippen molar-refractivity contribution in [2.45, 2.75) is 25.3 Å². The van der Waals surface area contributed by atoms with Gasteiger partial charge in [0.2, 0.25) is 0 Å². The van der Waals surface area contributed by atoms with Crippen LogP contribution in [0.3, 0.4) is 0 Å². The summed E-state index contributed by atoms with van der Waals surface area (Å²) >= 11 is 0. The molecule has 1 unspecified atom stereocenters. The van der Waals surface area contributed by atoms with Crippen LogP contribution in [0.1, 0.15) is 19.3 Å². The van der Waals surface area contributed by atoms with Crippen molar-refractivity contribution in [3.63, 3.8) is 0 Å². The summed E-state index contributed by atoms with van der Waals surface area (Å²) in [5.41, 5.74) is 5.94. The van der Waals surface area contributed by atoms with Crippen LogP contribution in [-0.2, 0) is 18.9 Å². The van der Waals surface area contributed by atoms with Crippen LogP contribution < -0.4 is 5.73 Å². The highest BCUT2D eigenvalue weighted by molar-refractivity contribution is 4.60. The molecule has 2 N–H and O–H groups in total. The van der Waals surface area contributed by atoms with Crippen LogP contribution in [0.2, 0.25) is 0 Å². The molecule has 5 heteroatoms. The number of hydrogen-bond donors (Lipinski definition) is 1. The van der Waals surface area contributed by atoms with Crippen LogP contribution in [-0.4, -0.2) is 59.9 Å². The Hall–Kier alpha value is -0.200. The highest BCUT2D eigenvalue weighted by Crippen LogP contribution is 2.00. The van der Waals surface area contributed by atoms with Gasteiger partial charge in [0.05, 0.1) is 26.4 Å². The second kappa shape index (κ2) is 13.9. The first-order valence-corrected chi connectivity index (χ1v) is 6.20. The smallest absolute Gasteiger partial charge is 0.0700 e. The molecule has 0 saturated carbocycles. The Labute approximate surface area is 105 Å². The van der Waals surface area contributed by atoms with Crippen molar-refractivity contribution in [2.24, 2.45) is 5.73 Å². The summed E-state index contributed by atoms with van der Waals surface area (Å²) in [5, 5.41) is 0. The third-order valence-corrected chi connectivity index (χ3v) is 2.36. The summed E-state index contributed by atoms with van der Waals surface area (Å²) in [6, 6.07) is 0.198. The number of nitrogens with two attached hydrogens (primary N) is 1. The molecule has 0 spiro atoms. The Morgan fingerprint density at radius 2 is 1.35 bits per heavy atom. The van der Waals surface area contributed by atoms with Crippen molar-refractivity contribution in [3.8, 4) is 0 Å². The lowest BCUT2D eigenvalue weighted by atomic mass is 10.1. The molecule has 0 aliphatic rings. The van der Waals surface area contributed by atoms with Gasteiger partial charge in [-0.15, -0.1) is 0 Å². The normalized spacial score (nSPS) is 12.9. The maximum atomic E-state index is 5.94. The van der Waals surface area contributed by atoms with Crippen LogP contribution in [0.4, 0.5) is 0 Å². The molecule has 0 aromatic heterocycles. The molecule has 104 valence electrons. The van der Waals surface area contributed by atoms with Gasteiger partial charge in [0.15, 0.2) is 0 Å². The molecular formula is C12H27NO4. The van der Waals surface area contributed by atoms with Gasteiger partial charge in [0.1, 0.15) is 0 Å². The summed E-state index contributed by atoms with van der Waals surface area (Å²) in [6.45, 7) is 4.05. The van der Waals surface area contributed by atoms with Gasteiger partial charge in [0.25, 0.3) is 0 Å². The van der Waals surface area contributed by atoms with Crippen LogP contribution in [0.15, 0.2) is 0 Å². The number of methoxy groups -OCH3 is 2. The van der Waals surface area contributed by atoms with Crippen LogP contribution >= 0.6 is 0 Å². The zero-order valence-corrected chi connectivity index (χ0v) is 11.2. The van der Waals surface area contributed by atoms with E-state index in [9.17, 15) is 0 Å². The SMILES string of the molecule is COCCOCCCC(N)CCOCCOC. The van der Waals surface area contributed by atoms with Gasteiger partial charge in [-0.1, -0.05) is 0 Å².